The summed E-state index contributed by atoms with van der Waals surface area (Å²) in [6.45, 7) is 6.38. The average Bonchev–Trinajstić information content (AvgIpc) is 2.34. The highest BCUT2D eigenvalue weighted by Crippen LogP contribution is 2.19. The van der Waals surface area contributed by atoms with Crippen molar-refractivity contribution >= 4 is 16.6 Å². The average molecular weight is 240 g/mol. The van der Waals surface area contributed by atoms with E-state index in [4.69, 9.17) is 0 Å². The maximum atomic E-state index is 12.1. The van der Waals surface area contributed by atoms with Crippen LogP contribution in [0.15, 0.2) is 36.4 Å². The van der Waals surface area contributed by atoms with E-state index >= 15 is 0 Å². The maximum Gasteiger partial charge on any atom is 0.162 e. The van der Waals surface area contributed by atoms with Gasteiger partial charge in [-0.05, 0) is 36.1 Å². The number of fused-ring (bicyclic) bond motifs is 1. The van der Waals surface area contributed by atoms with E-state index in [9.17, 15) is 4.79 Å². The first-order valence-corrected chi connectivity index (χ1v) is 6.60. The van der Waals surface area contributed by atoms with E-state index in [0.29, 0.717) is 12.3 Å². The van der Waals surface area contributed by atoms with Crippen molar-refractivity contribution in [1.82, 2.24) is 0 Å². The molecule has 0 unspecified atom stereocenters. The van der Waals surface area contributed by atoms with Crippen LogP contribution in [0.4, 0.5) is 0 Å². The van der Waals surface area contributed by atoms with Gasteiger partial charge in [-0.3, -0.25) is 4.79 Å². The zero-order valence-corrected chi connectivity index (χ0v) is 11.4. The lowest BCUT2D eigenvalue weighted by molar-refractivity contribution is 0.0975. The molecule has 2 aromatic rings. The predicted molar refractivity (Wildman–Crippen MR) is 77.1 cm³/mol. The minimum absolute atomic E-state index is 0.257. The number of carbonyl (C=O) groups is 1. The molecule has 18 heavy (non-hydrogen) atoms. The van der Waals surface area contributed by atoms with Gasteiger partial charge in [0.1, 0.15) is 0 Å². The summed E-state index contributed by atoms with van der Waals surface area (Å²) in [5.74, 6) is 0.837. The van der Waals surface area contributed by atoms with Crippen LogP contribution in [0, 0.1) is 12.8 Å². The second-order valence-electron chi connectivity index (χ2n) is 5.42. The number of aryl methyl sites for hydroxylation is 1. The third-order valence-electron chi connectivity index (χ3n) is 3.27. The first kappa shape index (κ1) is 12.8. The molecule has 0 N–H and O–H groups in total. The van der Waals surface area contributed by atoms with Gasteiger partial charge >= 0.3 is 0 Å². The molecule has 0 radical (unpaired) electrons. The standard InChI is InChI=1S/C17H20O/c1-12(2)4-9-17(18)15-8-7-14-6-5-13(3)10-16(14)11-15/h5-8,10-12H,4,9H2,1-3H3. The van der Waals surface area contributed by atoms with Gasteiger partial charge in [-0.2, -0.15) is 0 Å². The van der Waals surface area contributed by atoms with E-state index in [2.05, 4.69) is 39.0 Å². The number of benzene rings is 2. The third-order valence-corrected chi connectivity index (χ3v) is 3.27. The first-order valence-electron chi connectivity index (χ1n) is 6.60. The minimum Gasteiger partial charge on any atom is -0.294 e. The van der Waals surface area contributed by atoms with Gasteiger partial charge in [-0.25, -0.2) is 0 Å². The lowest BCUT2D eigenvalue weighted by Crippen LogP contribution is -2.01. The lowest BCUT2D eigenvalue weighted by Gasteiger charge is -2.06. The SMILES string of the molecule is Cc1ccc2ccc(C(=O)CCC(C)C)cc2c1. The Labute approximate surface area is 109 Å². The molecule has 1 nitrogen and oxygen atoms in total. The van der Waals surface area contributed by atoms with Crippen molar-refractivity contribution in [3.8, 4) is 0 Å². The Kier molecular flexibility index (Phi) is 3.81. The Bertz CT molecular complexity index is 567. The fourth-order valence-corrected chi connectivity index (χ4v) is 2.10. The highest BCUT2D eigenvalue weighted by molar-refractivity contribution is 6.00. The fraction of sp³-hybridized carbons (Fsp3) is 0.353. The van der Waals surface area contributed by atoms with E-state index in [0.717, 1.165) is 17.4 Å². The summed E-state index contributed by atoms with van der Waals surface area (Å²) in [5.41, 5.74) is 2.07. The normalized spacial score (nSPS) is 11.1. The van der Waals surface area contributed by atoms with Crippen LogP contribution in [0.5, 0.6) is 0 Å². The van der Waals surface area contributed by atoms with E-state index in [1.54, 1.807) is 0 Å². The Balaban J connectivity index is 2.26. The molecule has 2 aromatic carbocycles. The van der Waals surface area contributed by atoms with Crippen LogP contribution in [0.25, 0.3) is 10.8 Å². The summed E-state index contributed by atoms with van der Waals surface area (Å²) >= 11 is 0. The highest BCUT2D eigenvalue weighted by Gasteiger charge is 2.07. The third kappa shape index (κ3) is 2.98. The predicted octanol–water partition coefficient (Wildman–Crippen LogP) is 4.77. The number of Topliss-reactive ketones (excluding diaryl/α,β-unsaturated/α-hetero) is 1. The second kappa shape index (κ2) is 5.34. The fourth-order valence-electron chi connectivity index (χ4n) is 2.10. The Morgan fingerprint density at radius 3 is 2.50 bits per heavy atom. The molecule has 0 saturated carbocycles. The molecule has 0 bridgehead atoms. The number of carbonyl (C=O) groups excluding carboxylic acids is 1. The van der Waals surface area contributed by atoms with Gasteiger partial charge in [0.2, 0.25) is 0 Å². The molecule has 0 saturated heterocycles. The minimum atomic E-state index is 0.257. The van der Waals surface area contributed by atoms with Crippen LogP contribution < -0.4 is 0 Å². The zero-order valence-electron chi connectivity index (χ0n) is 11.4. The van der Waals surface area contributed by atoms with Crippen molar-refractivity contribution in [1.29, 1.82) is 0 Å². The molecule has 0 aromatic heterocycles. The molecule has 0 aliphatic heterocycles. The molecule has 0 aliphatic carbocycles. The van der Waals surface area contributed by atoms with Crippen LogP contribution in [-0.4, -0.2) is 5.78 Å². The monoisotopic (exact) mass is 240 g/mol. The van der Waals surface area contributed by atoms with E-state index in [1.165, 1.54) is 10.9 Å². The van der Waals surface area contributed by atoms with E-state index in [1.807, 2.05) is 18.2 Å². The van der Waals surface area contributed by atoms with Gasteiger partial charge < -0.3 is 0 Å². The molecule has 0 heterocycles. The molecule has 0 amide bonds. The Morgan fingerprint density at radius 1 is 1.06 bits per heavy atom. The van der Waals surface area contributed by atoms with Crippen LogP contribution in [0.2, 0.25) is 0 Å². The van der Waals surface area contributed by atoms with Gasteiger partial charge in [-0.1, -0.05) is 49.7 Å². The summed E-state index contributed by atoms with van der Waals surface area (Å²) in [6, 6.07) is 12.3. The zero-order chi connectivity index (χ0) is 13.1. The molecule has 0 aliphatic rings. The number of hydrogen-bond donors (Lipinski definition) is 0. The summed E-state index contributed by atoms with van der Waals surface area (Å²) in [7, 11) is 0. The van der Waals surface area contributed by atoms with Crippen LogP contribution >= 0.6 is 0 Å². The van der Waals surface area contributed by atoms with Gasteiger partial charge in [-0.15, -0.1) is 0 Å². The molecule has 0 atom stereocenters. The van der Waals surface area contributed by atoms with Crippen molar-refractivity contribution in [2.24, 2.45) is 5.92 Å². The van der Waals surface area contributed by atoms with Crippen LogP contribution in [-0.2, 0) is 0 Å². The summed E-state index contributed by atoms with van der Waals surface area (Å²) in [5, 5.41) is 2.35. The van der Waals surface area contributed by atoms with Crippen molar-refractivity contribution in [3.63, 3.8) is 0 Å². The van der Waals surface area contributed by atoms with Crippen molar-refractivity contribution in [2.45, 2.75) is 33.6 Å². The first-order chi connectivity index (χ1) is 8.56. The molecular formula is C17H20O. The maximum absolute atomic E-state index is 12.1. The number of ketones is 1. The quantitative estimate of drug-likeness (QED) is 0.704. The van der Waals surface area contributed by atoms with Gasteiger partial charge in [0.25, 0.3) is 0 Å². The van der Waals surface area contributed by atoms with Gasteiger partial charge in [0.05, 0.1) is 0 Å². The topological polar surface area (TPSA) is 17.1 Å². The molecule has 0 fully saturated rings. The summed E-state index contributed by atoms with van der Waals surface area (Å²) in [6.07, 6.45) is 1.61. The van der Waals surface area contributed by atoms with Gasteiger partial charge in [0, 0.05) is 12.0 Å². The Morgan fingerprint density at radius 2 is 1.78 bits per heavy atom. The largest absolute Gasteiger partial charge is 0.294 e. The van der Waals surface area contributed by atoms with E-state index < -0.39 is 0 Å². The molecule has 0 spiro atoms. The van der Waals surface area contributed by atoms with Crippen molar-refractivity contribution in [3.05, 3.63) is 47.5 Å². The molecule has 1 heteroatoms. The Hall–Kier alpha value is -1.63. The van der Waals surface area contributed by atoms with Gasteiger partial charge in [0.15, 0.2) is 5.78 Å². The van der Waals surface area contributed by atoms with Crippen LogP contribution in [0.3, 0.4) is 0 Å². The summed E-state index contributed by atoms with van der Waals surface area (Å²) in [4.78, 5) is 12.1. The van der Waals surface area contributed by atoms with E-state index in [-0.39, 0.29) is 5.78 Å². The highest BCUT2D eigenvalue weighted by atomic mass is 16.1. The second-order valence-corrected chi connectivity index (χ2v) is 5.42. The smallest absolute Gasteiger partial charge is 0.162 e. The molecular weight excluding hydrogens is 220 g/mol. The molecule has 2 rings (SSSR count). The van der Waals surface area contributed by atoms with Crippen LogP contribution in [0.1, 0.15) is 42.6 Å². The van der Waals surface area contributed by atoms with Crippen molar-refractivity contribution in [2.75, 3.05) is 0 Å². The number of rotatable bonds is 4. The van der Waals surface area contributed by atoms with Crippen molar-refractivity contribution < 1.29 is 4.79 Å². The molecule has 94 valence electrons. The lowest BCUT2D eigenvalue weighted by atomic mass is 9.98. The number of hydrogen-bond acceptors (Lipinski definition) is 1. The summed E-state index contributed by atoms with van der Waals surface area (Å²) < 4.78 is 0.